The third-order valence-corrected chi connectivity index (χ3v) is 3.92. The van der Waals surface area contributed by atoms with Gasteiger partial charge in [0.1, 0.15) is 6.33 Å². The first-order valence-electron chi connectivity index (χ1n) is 5.36. The summed E-state index contributed by atoms with van der Waals surface area (Å²) in [5.41, 5.74) is 6.65. The van der Waals surface area contributed by atoms with E-state index in [4.69, 9.17) is 5.73 Å². The summed E-state index contributed by atoms with van der Waals surface area (Å²) in [5.74, 6) is 0.536. The smallest absolute Gasteiger partial charge is 0.115 e. The zero-order valence-corrected chi connectivity index (χ0v) is 10.1. The van der Waals surface area contributed by atoms with Gasteiger partial charge in [0.2, 0.25) is 0 Å². The molecule has 4 heteroatoms. The van der Waals surface area contributed by atoms with Gasteiger partial charge >= 0.3 is 0 Å². The molecule has 0 bridgehead atoms. The van der Waals surface area contributed by atoms with Gasteiger partial charge in [0, 0.05) is 27.7 Å². The standard InChI is InChI=1S/C12H15N3S/c1-9(4-5-13)11-2-3-12(16-11)10-6-14-8-15-7-10/h2-3,6-9H,4-5,13H2,1H3. The zero-order valence-electron chi connectivity index (χ0n) is 9.26. The lowest BCUT2D eigenvalue weighted by Crippen LogP contribution is -2.03. The van der Waals surface area contributed by atoms with Crippen LogP contribution in [-0.4, -0.2) is 16.5 Å². The third kappa shape index (κ3) is 2.46. The SMILES string of the molecule is CC(CCN)c1ccc(-c2cncnc2)s1. The van der Waals surface area contributed by atoms with Gasteiger partial charge in [-0.3, -0.25) is 0 Å². The van der Waals surface area contributed by atoms with E-state index in [1.165, 1.54) is 9.75 Å². The Hall–Kier alpha value is -1.26. The van der Waals surface area contributed by atoms with Crippen LogP contribution < -0.4 is 5.73 Å². The van der Waals surface area contributed by atoms with Gasteiger partial charge in [-0.2, -0.15) is 0 Å². The molecule has 0 radical (unpaired) electrons. The average Bonchev–Trinajstić information content (AvgIpc) is 2.80. The first kappa shape index (κ1) is 11.2. The lowest BCUT2D eigenvalue weighted by molar-refractivity contribution is 0.701. The van der Waals surface area contributed by atoms with Crippen LogP contribution in [0.3, 0.4) is 0 Å². The van der Waals surface area contributed by atoms with Crippen molar-refractivity contribution in [1.82, 2.24) is 9.97 Å². The minimum atomic E-state index is 0.536. The summed E-state index contributed by atoms with van der Waals surface area (Å²) in [5, 5.41) is 0. The molecule has 2 N–H and O–H groups in total. The summed E-state index contributed by atoms with van der Waals surface area (Å²) in [6.07, 6.45) is 6.27. The van der Waals surface area contributed by atoms with Gasteiger partial charge in [-0.25, -0.2) is 9.97 Å². The van der Waals surface area contributed by atoms with Gasteiger partial charge in [0.05, 0.1) is 0 Å². The highest BCUT2D eigenvalue weighted by Crippen LogP contribution is 2.32. The molecule has 1 unspecified atom stereocenters. The van der Waals surface area contributed by atoms with Crippen LogP contribution in [0.15, 0.2) is 30.9 Å². The minimum Gasteiger partial charge on any atom is -0.330 e. The van der Waals surface area contributed by atoms with Gasteiger partial charge in [-0.1, -0.05) is 6.92 Å². The van der Waals surface area contributed by atoms with Crippen molar-refractivity contribution in [2.24, 2.45) is 5.73 Å². The Bertz CT molecular complexity index is 439. The Kier molecular flexibility index (Phi) is 3.64. The number of nitrogens with two attached hydrogens (primary N) is 1. The second kappa shape index (κ2) is 5.18. The molecular weight excluding hydrogens is 218 g/mol. The van der Waals surface area contributed by atoms with Crippen LogP contribution >= 0.6 is 11.3 Å². The summed E-state index contributed by atoms with van der Waals surface area (Å²) in [6, 6.07) is 4.30. The second-order valence-corrected chi connectivity index (χ2v) is 4.92. The Morgan fingerprint density at radius 2 is 2.06 bits per heavy atom. The molecule has 0 aliphatic carbocycles. The zero-order chi connectivity index (χ0) is 11.4. The predicted octanol–water partition coefficient (Wildman–Crippen LogP) is 2.66. The van der Waals surface area contributed by atoms with Crippen molar-refractivity contribution in [2.45, 2.75) is 19.3 Å². The number of nitrogens with zero attached hydrogens (tertiary/aromatic N) is 2. The van der Waals surface area contributed by atoms with E-state index >= 15 is 0 Å². The van der Waals surface area contributed by atoms with E-state index in [-0.39, 0.29) is 0 Å². The summed E-state index contributed by atoms with van der Waals surface area (Å²) < 4.78 is 0. The molecule has 1 atom stereocenters. The van der Waals surface area contributed by atoms with Crippen LogP contribution in [-0.2, 0) is 0 Å². The Morgan fingerprint density at radius 3 is 2.75 bits per heavy atom. The molecule has 0 aliphatic heterocycles. The Labute approximate surface area is 99.4 Å². The summed E-state index contributed by atoms with van der Waals surface area (Å²) in [4.78, 5) is 10.7. The molecular formula is C12H15N3S. The maximum atomic E-state index is 5.57. The lowest BCUT2D eigenvalue weighted by Gasteiger charge is -2.05. The molecule has 2 rings (SSSR count). The minimum absolute atomic E-state index is 0.536. The molecule has 3 nitrogen and oxygen atoms in total. The number of aromatic nitrogens is 2. The first-order valence-corrected chi connectivity index (χ1v) is 6.18. The Morgan fingerprint density at radius 1 is 1.31 bits per heavy atom. The van der Waals surface area contributed by atoms with Crippen molar-refractivity contribution in [2.75, 3.05) is 6.54 Å². The fraction of sp³-hybridized carbons (Fsp3) is 0.333. The van der Waals surface area contributed by atoms with Gasteiger partial charge in [-0.05, 0) is 31.0 Å². The van der Waals surface area contributed by atoms with Crippen LogP contribution in [0.5, 0.6) is 0 Å². The van der Waals surface area contributed by atoms with Gasteiger partial charge < -0.3 is 5.73 Å². The van der Waals surface area contributed by atoms with Crippen molar-refractivity contribution in [3.8, 4) is 10.4 Å². The van der Waals surface area contributed by atoms with Crippen molar-refractivity contribution in [3.05, 3.63) is 35.7 Å². The van der Waals surface area contributed by atoms with Crippen LogP contribution in [0.4, 0.5) is 0 Å². The van der Waals surface area contributed by atoms with E-state index in [1.54, 1.807) is 17.7 Å². The molecule has 0 fully saturated rings. The third-order valence-electron chi connectivity index (χ3n) is 2.56. The highest BCUT2D eigenvalue weighted by Gasteiger charge is 2.09. The number of hydrogen-bond acceptors (Lipinski definition) is 4. The largest absolute Gasteiger partial charge is 0.330 e. The topological polar surface area (TPSA) is 51.8 Å². The maximum absolute atomic E-state index is 5.57. The molecule has 0 amide bonds. The van der Waals surface area contributed by atoms with Crippen molar-refractivity contribution in [1.29, 1.82) is 0 Å². The van der Waals surface area contributed by atoms with Crippen LogP contribution in [0.25, 0.3) is 10.4 Å². The number of hydrogen-bond donors (Lipinski definition) is 1. The molecule has 16 heavy (non-hydrogen) atoms. The maximum Gasteiger partial charge on any atom is 0.115 e. The quantitative estimate of drug-likeness (QED) is 0.883. The molecule has 0 aliphatic rings. The van der Waals surface area contributed by atoms with Gasteiger partial charge in [-0.15, -0.1) is 11.3 Å². The van der Waals surface area contributed by atoms with Crippen LogP contribution in [0.1, 0.15) is 24.1 Å². The summed E-state index contributed by atoms with van der Waals surface area (Å²) in [7, 11) is 0. The number of thiophene rings is 1. The highest BCUT2D eigenvalue weighted by atomic mass is 32.1. The van der Waals surface area contributed by atoms with Crippen LogP contribution in [0.2, 0.25) is 0 Å². The van der Waals surface area contributed by atoms with E-state index in [1.807, 2.05) is 12.4 Å². The fourth-order valence-electron chi connectivity index (χ4n) is 1.59. The molecule has 84 valence electrons. The molecule has 2 aromatic rings. The van der Waals surface area contributed by atoms with Crippen LogP contribution in [0, 0.1) is 0 Å². The molecule has 0 spiro atoms. The normalized spacial score (nSPS) is 12.6. The molecule has 0 saturated heterocycles. The van der Waals surface area contributed by atoms with Crippen molar-refractivity contribution in [3.63, 3.8) is 0 Å². The van der Waals surface area contributed by atoms with E-state index in [0.717, 1.165) is 18.5 Å². The monoisotopic (exact) mass is 233 g/mol. The summed E-state index contributed by atoms with van der Waals surface area (Å²) >= 11 is 1.80. The summed E-state index contributed by atoms with van der Waals surface area (Å²) in [6.45, 7) is 2.95. The highest BCUT2D eigenvalue weighted by molar-refractivity contribution is 7.15. The first-order chi connectivity index (χ1) is 7.81. The molecule has 0 saturated carbocycles. The fourth-order valence-corrected chi connectivity index (χ4v) is 2.66. The number of rotatable bonds is 4. The van der Waals surface area contributed by atoms with E-state index in [2.05, 4.69) is 29.0 Å². The average molecular weight is 233 g/mol. The van der Waals surface area contributed by atoms with E-state index in [0.29, 0.717) is 5.92 Å². The second-order valence-electron chi connectivity index (χ2n) is 3.81. The van der Waals surface area contributed by atoms with E-state index in [9.17, 15) is 0 Å². The Balaban J connectivity index is 2.20. The van der Waals surface area contributed by atoms with Gasteiger partial charge in [0.25, 0.3) is 0 Å². The van der Waals surface area contributed by atoms with E-state index < -0.39 is 0 Å². The van der Waals surface area contributed by atoms with Crippen molar-refractivity contribution >= 4 is 11.3 Å². The van der Waals surface area contributed by atoms with Crippen molar-refractivity contribution < 1.29 is 0 Å². The molecule has 0 aromatic carbocycles. The lowest BCUT2D eigenvalue weighted by atomic mass is 10.1. The molecule has 2 aromatic heterocycles. The molecule has 2 heterocycles. The van der Waals surface area contributed by atoms with Gasteiger partial charge in [0.15, 0.2) is 0 Å². The predicted molar refractivity (Wildman–Crippen MR) is 67.4 cm³/mol.